The van der Waals surface area contributed by atoms with E-state index in [1.807, 2.05) is 22.6 Å². The number of nitrogens with zero attached hydrogens (tertiary/aromatic N) is 1. The second-order valence-corrected chi connectivity index (χ2v) is 3.74. The van der Waals surface area contributed by atoms with E-state index in [0.29, 0.717) is 9.26 Å². The van der Waals surface area contributed by atoms with Gasteiger partial charge in [-0.05, 0) is 41.1 Å². The average Bonchev–Trinajstić information content (AvgIpc) is 2.08. The van der Waals surface area contributed by atoms with Crippen molar-refractivity contribution in [2.45, 2.75) is 20.0 Å². The first kappa shape index (κ1) is 12.5. The normalized spacial score (nSPS) is 11.6. The maximum atomic E-state index is 12.4. The van der Waals surface area contributed by atoms with Crippen molar-refractivity contribution in [3.63, 3.8) is 0 Å². The van der Waals surface area contributed by atoms with Gasteiger partial charge in [0.05, 0.1) is 0 Å². The Morgan fingerprint density at radius 2 is 2.07 bits per heavy atom. The lowest BCUT2D eigenvalue weighted by Gasteiger charge is -2.12. The summed E-state index contributed by atoms with van der Waals surface area (Å²) in [5.41, 5.74) is 0.161. The summed E-state index contributed by atoms with van der Waals surface area (Å²) in [5, 5.41) is 0. The SMILES string of the molecule is Cc1cc(OC(F)(F)F)c(CF)nc1I. The van der Waals surface area contributed by atoms with Crippen LogP contribution in [0.25, 0.3) is 0 Å². The van der Waals surface area contributed by atoms with Crippen LogP contribution in [0.3, 0.4) is 0 Å². The van der Waals surface area contributed by atoms with Gasteiger partial charge in [-0.2, -0.15) is 0 Å². The second kappa shape index (κ2) is 4.50. The average molecular weight is 335 g/mol. The molecule has 0 aliphatic carbocycles. The molecule has 1 heterocycles. The first-order valence-electron chi connectivity index (χ1n) is 3.81. The molecule has 0 saturated carbocycles. The second-order valence-electron chi connectivity index (χ2n) is 2.72. The predicted molar refractivity (Wildman–Crippen MR) is 53.2 cm³/mol. The molecule has 0 fully saturated rings. The minimum atomic E-state index is -4.83. The van der Waals surface area contributed by atoms with E-state index in [2.05, 4.69) is 9.72 Å². The van der Waals surface area contributed by atoms with Crippen LogP contribution in [0.15, 0.2) is 6.07 Å². The van der Waals surface area contributed by atoms with Gasteiger partial charge >= 0.3 is 6.36 Å². The Bertz CT molecular complexity index is 366. The van der Waals surface area contributed by atoms with Crippen LogP contribution in [0.1, 0.15) is 11.3 Å². The van der Waals surface area contributed by atoms with E-state index >= 15 is 0 Å². The van der Waals surface area contributed by atoms with Gasteiger partial charge in [0.2, 0.25) is 0 Å². The monoisotopic (exact) mass is 335 g/mol. The van der Waals surface area contributed by atoms with Crippen LogP contribution in [0.2, 0.25) is 0 Å². The molecule has 0 atom stereocenters. The first-order valence-corrected chi connectivity index (χ1v) is 4.89. The summed E-state index contributed by atoms with van der Waals surface area (Å²) in [6.45, 7) is 0.474. The lowest BCUT2D eigenvalue weighted by molar-refractivity contribution is -0.275. The van der Waals surface area contributed by atoms with Crippen LogP contribution >= 0.6 is 22.6 Å². The first-order chi connectivity index (χ1) is 6.83. The predicted octanol–water partition coefficient (Wildman–Crippen LogP) is 3.36. The molecular formula is C8H6F4INO. The van der Waals surface area contributed by atoms with E-state index in [0.717, 1.165) is 6.07 Å². The zero-order valence-corrected chi connectivity index (χ0v) is 9.69. The summed E-state index contributed by atoms with van der Waals surface area (Å²) >= 11 is 1.81. The van der Waals surface area contributed by atoms with Gasteiger partial charge in [0.25, 0.3) is 0 Å². The molecule has 0 bridgehead atoms. The van der Waals surface area contributed by atoms with E-state index in [1.165, 1.54) is 0 Å². The van der Waals surface area contributed by atoms with Gasteiger partial charge in [0.15, 0.2) is 5.75 Å². The maximum absolute atomic E-state index is 12.4. The number of halogens is 5. The number of hydrogen-bond acceptors (Lipinski definition) is 2. The number of aromatic nitrogens is 1. The number of aryl methyl sites for hydroxylation is 1. The fraction of sp³-hybridized carbons (Fsp3) is 0.375. The van der Waals surface area contributed by atoms with Crippen LogP contribution < -0.4 is 4.74 Å². The minimum absolute atomic E-state index is 0.345. The number of pyridine rings is 1. The van der Waals surface area contributed by atoms with Crippen molar-refractivity contribution in [2.75, 3.05) is 0 Å². The van der Waals surface area contributed by atoms with E-state index in [4.69, 9.17) is 0 Å². The van der Waals surface area contributed by atoms with Crippen molar-refractivity contribution >= 4 is 22.6 Å². The Labute approximate surface area is 96.8 Å². The van der Waals surface area contributed by atoms with Crippen molar-refractivity contribution in [3.05, 3.63) is 21.0 Å². The van der Waals surface area contributed by atoms with Crippen LogP contribution in [0, 0.1) is 10.6 Å². The molecular weight excluding hydrogens is 329 g/mol. The molecule has 15 heavy (non-hydrogen) atoms. The molecule has 0 amide bonds. The molecule has 2 nitrogen and oxygen atoms in total. The van der Waals surface area contributed by atoms with Crippen molar-refractivity contribution in [2.24, 2.45) is 0 Å². The van der Waals surface area contributed by atoms with E-state index in [1.54, 1.807) is 6.92 Å². The third-order valence-corrected chi connectivity index (χ3v) is 2.63. The third-order valence-electron chi connectivity index (χ3n) is 1.54. The van der Waals surface area contributed by atoms with Crippen molar-refractivity contribution in [1.29, 1.82) is 0 Å². The molecule has 0 saturated heterocycles. The van der Waals surface area contributed by atoms with Crippen LogP contribution in [0.5, 0.6) is 5.75 Å². The molecule has 0 spiro atoms. The molecule has 0 N–H and O–H groups in total. The van der Waals surface area contributed by atoms with Gasteiger partial charge < -0.3 is 4.74 Å². The molecule has 0 radical (unpaired) electrons. The summed E-state index contributed by atoms with van der Waals surface area (Å²) in [6.07, 6.45) is -4.83. The number of ether oxygens (including phenoxy) is 1. The Hall–Kier alpha value is -0.600. The Balaban J connectivity index is 3.11. The molecule has 0 aliphatic heterocycles. The number of rotatable bonds is 2. The molecule has 7 heteroatoms. The highest BCUT2D eigenvalue weighted by Gasteiger charge is 2.32. The van der Waals surface area contributed by atoms with Gasteiger partial charge in [-0.15, -0.1) is 13.2 Å². The Morgan fingerprint density at radius 3 is 2.53 bits per heavy atom. The standard InChI is InChI=1S/C8H6F4INO/c1-4-2-6(15-8(10,11)12)5(3-9)14-7(4)13/h2H,3H2,1H3. The fourth-order valence-electron chi connectivity index (χ4n) is 0.910. The lowest BCUT2D eigenvalue weighted by Crippen LogP contribution is -2.18. The summed E-state index contributed by atoms with van der Waals surface area (Å²) in [4.78, 5) is 3.66. The summed E-state index contributed by atoms with van der Waals surface area (Å²) in [6, 6.07) is 1.12. The maximum Gasteiger partial charge on any atom is 0.573 e. The van der Waals surface area contributed by atoms with Crippen molar-refractivity contribution in [1.82, 2.24) is 4.98 Å². The van der Waals surface area contributed by atoms with Crippen molar-refractivity contribution < 1.29 is 22.3 Å². The summed E-state index contributed by atoms with van der Waals surface area (Å²) < 4.78 is 52.2. The highest BCUT2D eigenvalue weighted by molar-refractivity contribution is 14.1. The molecule has 0 aromatic carbocycles. The highest BCUT2D eigenvalue weighted by atomic mass is 127. The van der Waals surface area contributed by atoms with Gasteiger partial charge in [0.1, 0.15) is 16.1 Å². The largest absolute Gasteiger partial charge is 0.573 e. The number of alkyl halides is 4. The Morgan fingerprint density at radius 1 is 1.47 bits per heavy atom. The summed E-state index contributed by atoms with van der Waals surface area (Å²) in [5.74, 6) is -0.581. The fourth-order valence-corrected chi connectivity index (χ4v) is 1.36. The highest BCUT2D eigenvalue weighted by Crippen LogP contribution is 2.28. The van der Waals surface area contributed by atoms with Crippen molar-refractivity contribution in [3.8, 4) is 5.75 Å². The van der Waals surface area contributed by atoms with E-state index < -0.39 is 18.8 Å². The smallest absolute Gasteiger partial charge is 0.404 e. The zero-order valence-electron chi connectivity index (χ0n) is 7.53. The Kier molecular flexibility index (Phi) is 3.74. The van der Waals surface area contributed by atoms with Crippen LogP contribution in [0.4, 0.5) is 17.6 Å². The van der Waals surface area contributed by atoms with Gasteiger partial charge in [0, 0.05) is 0 Å². The van der Waals surface area contributed by atoms with Gasteiger partial charge in [-0.3, -0.25) is 0 Å². The number of hydrogen-bond donors (Lipinski definition) is 0. The molecule has 1 aromatic heterocycles. The molecule has 0 aliphatic rings. The molecule has 0 unspecified atom stereocenters. The van der Waals surface area contributed by atoms with Crippen LogP contribution in [-0.2, 0) is 6.67 Å². The third kappa shape index (κ3) is 3.47. The van der Waals surface area contributed by atoms with Gasteiger partial charge in [-0.25, -0.2) is 9.37 Å². The summed E-state index contributed by atoms with van der Waals surface area (Å²) in [7, 11) is 0. The quantitative estimate of drug-likeness (QED) is 0.470. The van der Waals surface area contributed by atoms with E-state index in [9.17, 15) is 17.6 Å². The minimum Gasteiger partial charge on any atom is -0.404 e. The lowest BCUT2D eigenvalue weighted by atomic mass is 10.2. The molecule has 1 aromatic rings. The zero-order chi connectivity index (χ0) is 11.6. The topological polar surface area (TPSA) is 22.1 Å². The van der Waals surface area contributed by atoms with E-state index in [-0.39, 0.29) is 5.69 Å². The molecule has 1 rings (SSSR count). The van der Waals surface area contributed by atoms with Gasteiger partial charge in [-0.1, -0.05) is 0 Å². The molecule has 84 valence electrons. The van der Waals surface area contributed by atoms with Crippen LogP contribution in [-0.4, -0.2) is 11.3 Å².